The largest absolute Gasteiger partial charge is 0.484 e. The molecule has 2 amide bonds. The van der Waals surface area contributed by atoms with Gasteiger partial charge in [0.05, 0.1) is 17.4 Å². The van der Waals surface area contributed by atoms with Crippen molar-refractivity contribution in [1.82, 2.24) is 19.8 Å². The van der Waals surface area contributed by atoms with Crippen molar-refractivity contribution in [3.63, 3.8) is 0 Å². The second kappa shape index (κ2) is 8.12. The van der Waals surface area contributed by atoms with E-state index in [9.17, 15) is 9.59 Å². The van der Waals surface area contributed by atoms with E-state index >= 15 is 0 Å². The fourth-order valence-corrected chi connectivity index (χ4v) is 3.37. The van der Waals surface area contributed by atoms with Crippen molar-refractivity contribution in [3.8, 4) is 5.75 Å². The first kappa shape index (κ1) is 18.0. The average molecular weight is 378 g/mol. The van der Waals surface area contributed by atoms with E-state index in [1.807, 2.05) is 47.4 Å². The van der Waals surface area contributed by atoms with Gasteiger partial charge in [-0.3, -0.25) is 9.59 Å². The lowest BCUT2D eigenvalue weighted by Crippen LogP contribution is -2.39. The minimum absolute atomic E-state index is 0.00838. The van der Waals surface area contributed by atoms with Crippen molar-refractivity contribution in [1.29, 1.82) is 0 Å². The first-order valence-corrected chi connectivity index (χ1v) is 9.39. The summed E-state index contributed by atoms with van der Waals surface area (Å²) in [5.74, 6) is 0.597. The van der Waals surface area contributed by atoms with Gasteiger partial charge in [0.2, 0.25) is 0 Å². The van der Waals surface area contributed by atoms with E-state index in [0.29, 0.717) is 37.5 Å². The lowest BCUT2D eigenvalue weighted by atomic mass is 10.1. The predicted molar refractivity (Wildman–Crippen MR) is 105 cm³/mol. The zero-order valence-electron chi connectivity index (χ0n) is 15.5. The molecule has 2 heterocycles. The summed E-state index contributed by atoms with van der Waals surface area (Å²) >= 11 is 0. The third-order valence-electron chi connectivity index (χ3n) is 4.91. The molecule has 144 valence electrons. The molecule has 1 aromatic heterocycles. The minimum Gasteiger partial charge on any atom is -0.484 e. The Labute approximate surface area is 162 Å². The number of carbonyl (C=O) groups excluding carboxylic acids is 2. The molecule has 1 N–H and O–H groups in total. The van der Waals surface area contributed by atoms with Crippen molar-refractivity contribution in [2.45, 2.75) is 6.42 Å². The Morgan fingerprint density at radius 3 is 2.64 bits per heavy atom. The van der Waals surface area contributed by atoms with Gasteiger partial charge in [-0.25, -0.2) is 4.98 Å². The fourth-order valence-electron chi connectivity index (χ4n) is 3.37. The van der Waals surface area contributed by atoms with Crippen molar-refractivity contribution < 1.29 is 14.3 Å². The summed E-state index contributed by atoms with van der Waals surface area (Å²) in [5.41, 5.74) is 2.31. The Morgan fingerprint density at radius 1 is 1.00 bits per heavy atom. The normalized spacial score (nSPS) is 14.7. The predicted octanol–water partition coefficient (Wildman–Crippen LogP) is 2.32. The van der Waals surface area contributed by atoms with Crippen LogP contribution in [0, 0.1) is 0 Å². The lowest BCUT2D eigenvalue weighted by molar-refractivity contribution is -0.133. The number of ether oxygens (including phenoxy) is 1. The van der Waals surface area contributed by atoms with Gasteiger partial charge in [-0.05, 0) is 36.8 Å². The van der Waals surface area contributed by atoms with Crippen molar-refractivity contribution >= 4 is 22.8 Å². The number of para-hydroxylation sites is 1. The number of fused-ring (bicyclic) bond motifs is 1. The number of nitrogens with zero attached hydrogens (tertiary/aromatic N) is 3. The van der Waals surface area contributed by atoms with Crippen molar-refractivity contribution in [3.05, 3.63) is 60.4 Å². The summed E-state index contributed by atoms with van der Waals surface area (Å²) in [6, 6.07) is 14.8. The van der Waals surface area contributed by atoms with E-state index in [1.54, 1.807) is 17.3 Å². The second-order valence-corrected chi connectivity index (χ2v) is 6.76. The maximum Gasteiger partial charge on any atom is 0.260 e. The molecular formula is C21H22N4O3. The smallest absolute Gasteiger partial charge is 0.260 e. The van der Waals surface area contributed by atoms with Gasteiger partial charge in [0.15, 0.2) is 6.61 Å². The van der Waals surface area contributed by atoms with Crippen LogP contribution in [0.1, 0.15) is 16.8 Å². The second-order valence-electron chi connectivity index (χ2n) is 6.76. The van der Waals surface area contributed by atoms with Crippen molar-refractivity contribution in [2.24, 2.45) is 0 Å². The van der Waals surface area contributed by atoms with Crippen LogP contribution in [0.15, 0.2) is 54.9 Å². The first-order chi connectivity index (χ1) is 13.7. The number of carbonyl (C=O) groups is 2. The maximum atomic E-state index is 12.9. The highest BCUT2D eigenvalue weighted by Crippen LogP contribution is 2.15. The van der Waals surface area contributed by atoms with Crippen LogP contribution in [-0.4, -0.2) is 64.4 Å². The van der Waals surface area contributed by atoms with Gasteiger partial charge >= 0.3 is 0 Å². The zero-order chi connectivity index (χ0) is 19.3. The molecule has 1 aliphatic rings. The molecule has 28 heavy (non-hydrogen) atoms. The molecule has 0 saturated carbocycles. The van der Waals surface area contributed by atoms with Crippen LogP contribution >= 0.6 is 0 Å². The van der Waals surface area contributed by atoms with Crippen LogP contribution in [0.3, 0.4) is 0 Å². The van der Waals surface area contributed by atoms with Gasteiger partial charge in [-0.15, -0.1) is 0 Å². The Kier molecular flexibility index (Phi) is 5.23. The zero-order valence-corrected chi connectivity index (χ0v) is 15.5. The van der Waals surface area contributed by atoms with Crippen LogP contribution in [0.5, 0.6) is 5.75 Å². The molecule has 0 bridgehead atoms. The number of rotatable bonds is 4. The molecule has 1 aliphatic heterocycles. The number of aromatic nitrogens is 2. The SMILES string of the molecule is O=C(COc1ccccc1)N1CCCN(C(=O)c2ccc3nc[nH]c3c2)CC1. The summed E-state index contributed by atoms with van der Waals surface area (Å²) < 4.78 is 5.56. The standard InChI is InChI=1S/C21H22N4O3/c26-20(14-28-17-5-2-1-3-6-17)24-9-4-10-25(12-11-24)21(27)16-7-8-18-19(13-16)23-15-22-18/h1-3,5-8,13,15H,4,9-12,14H2,(H,22,23). The molecule has 3 aromatic rings. The molecule has 0 aliphatic carbocycles. The van der Waals surface area contributed by atoms with E-state index in [-0.39, 0.29) is 18.4 Å². The average Bonchev–Trinajstić information content (AvgIpc) is 3.07. The number of benzene rings is 2. The third kappa shape index (κ3) is 3.98. The quantitative estimate of drug-likeness (QED) is 0.756. The van der Waals surface area contributed by atoms with Gasteiger partial charge < -0.3 is 19.5 Å². The third-order valence-corrected chi connectivity index (χ3v) is 4.91. The molecular weight excluding hydrogens is 356 g/mol. The van der Waals surface area contributed by atoms with Crippen LogP contribution in [0.2, 0.25) is 0 Å². The van der Waals surface area contributed by atoms with E-state index in [4.69, 9.17) is 4.74 Å². The Bertz CT molecular complexity index is 970. The van der Waals surface area contributed by atoms with Crippen molar-refractivity contribution in [2.75, 3.05) is 32.8 Å². The molecule has 7 heteroatoms. The molecule has 0 unspecified atom stereocenters. The topological polar surface area (TPSA) is 78.5 Å². The van der Waals surface area contributed by atoms with E-state index in [1.165, 1.54) is 0 Å². The summed E-state index contributed by atoms with van der Waals surface area (Å²) in [6.07, 6.45) is 2.36. The van der Waals surface area contributed by atoms with E-state index in [0.717, 1.165) is 17.5 Å². The number of amides is 2. The Balaban J connectivity index is 1.35. The maximum absolute atomic E-state index is 12.9. The first-order valence-electron chi connectivity index (χ1n) is 9.39. The number of imidazole rings is 1. The highest BCUT2D eigenvalue weighted by molar-refractivity contribution is 5.97. The number of hydrogen-bond donors (Lipinski definition) is 1. The number of nitrogens with one attached hydrogen (secondary N) is 1. The van der Waals surface area contributed by atoms with Crippen LogP contribution < -0.4 is 4.74 Å². The molecule has 4 rings (SSSR count). The van der Waals surface area contributed by atoms with Gasteiger partial charge in [0.25, 0.3) is 11.8 Å². The van der Waals surface area contributed by atoms with E-state index < -0.39 is 0 Å². The molecule has 1 fully saturated rings. The summed E-state index contributed by atoms with van der Waals surface area (Å²) in [7, 11) is 0. The molecule has 0 radical (unpaired) electrons. The van der Waals surface area contributed by atoms with Crippen LogP contribution in [-0.2, 0) is 4.79 Å². The number of aromatic amines is 1. The van der Waals surface area contributed by atoms with E-state index in [2.05, 4.69) is 9.97 Å². The Morgan fingerprint density at radius 2 is 1.79 bits per heavy atom. The molecule has 1 saturated heterocycles. The van der Waals surface area contributed by atoms with Gasteiger partial charge in [-0.2, -0.15) is 0 Å². The van der Waals surface area contributed by atoms with Gasteiger partial charge in [0, 0.05) is 31.7 Å². The summed E-state index contributed by atoms with van der Waals surface area (Å²) in [5, 5.41) is 0. The summed E-state index contributed by atoms with van der Waals surface area (Å²) in [4.78, 5) is 36.1. The van der Waals surface area contributed by atoms with Gasteiger partial charge in [0.1, 0.15) is 5.75 Å². The van der Waals surface area contributed by atoms with Crippen LogP contribution in [0.25, 0.3) is 11.0 Å². The number of hydrogen-bond acceptors (Lipinski definition) is 4. The molecule has 7 nitrogen and oxygen atoms in total. The fraction of sp³-hybridized carbons (Fsp3) is 0.286. The highest BCUT2D eigenvalue weighted by Gasteiger charge is 2.23. The van der Waals surface area contributed by atoms with Gasteiger partial charge in [-0.1, -0.05) is 18.2 Å². The highest BCUT2D eigenvalue weighted by atomic mass is 16.5. The Hall–Kier alpha value is -3.35. The molecule has 0 atom stereocenters. The summed E-state index contributed by atoms with van der Waals surface area (Å²) in [6.45, 7) is 2.28. The molecule has 0 spiro atoms. The number of H-pyrrole nitrogens is 1. The lowest BCUT2D eigenvalue weighted by Gasteiger charge is -2.22. The minimum atomic E-state index is -0.0583. The monoisotopic (exact) mass is 378 g/mol. The van der Waals surface area contributed by atoms with Crippen LogP contribution in [0.4, 0.5) is 0 Å². The molecule has 2 aromatic carbocycles.